The van der Waals surface area contributed by atoms with Crippen LogP contribution < -0.4 is 4.74 Å². The molecule has 0 aromatic heterocycles. The van der Waals surface area contributed by atoms with Gasteiger partial charge in [-0.15, -0.1) is 0 Å². The van der Waals surface area contributed by atoms with Crippen LogP contribution in [0.15, 0.2) is 23.4 Å². The highest BCUT2D eigenvalue weighted by molar-refractivity contribution is 14.2. The standard InChI is InChI=1S/C9H3Cl2I3O2/c10-4-2-1-3-5(6(4)11)16-9(15)7(12)8(13)14/h1-3H. The van der Waals surface area contributed by atoms with Crippen molar-refractivity contribution >= 4 is 96.9 Å². The van der Waals surface area contributed by atoms with E-state index in [1.165, 1.54) is 0 Å². The smallest absolute Gasteiger partial charge is 0.351 e. The van der Waals surface area contributed by atoms with E-state index < -0.39 is 5.97 Å². The molecule has 2 nitrogen and oxygen atoms in total. The summed E-state index contributed by atoms with van der Waals surface area (Å²) in [6, 6.07) is 4.89. The Morgan fingerprint density at radius 1 is 1.19 bits per heavy atom. The highest BCUT2D eigenvalue weighted by Gasteiger charge is 2.15. The lowest BCUT2D eigenvalue weighted by Gasteiger charge is -2.06. The number of esters is 1. The fraction of sp³-hybridized carbons (Fsp3) is 0. The maximum Gasteiger partial charge on any atom is 0.351 e. The molecule has 0 bridgehead atoms. The Balaban J connectivity index is 2.94. The van der Waals surface area contributed by atoms with Crippen LogP contribution in [0.25, 0.3) is 0 Å². The van der Waals surface area contributed by atoms with E-state index in [-0.39, 0.29) is 10.8 Å². The van der Waals surface area contributed by atoms with E-state index in [0.717, 1.165) is 1.59 Å². The van der Waals surface area contributed by atoms with Crippen LogP contribution in [-0.4, -0.2) is 5.97 Å². The van der Waals surface area contributed by atoms with Gasteiger partial charge in [0.2, 0.25) is 0 Å². The van der Waals surface area contributed by atoms with Gasteiger partial charge in [-0.3, -0.25) is 0 Å². The van der Waals surface area contributed by atoms with Crippen molar-refractivity contribution in [2.75, 3.05) is 0 Å². The molecule has 0 saturated carbocycles. The molecular formula is C9H3Cl2I3O2. The molecule has 0 heterocycles. The van der Waals surface area contributed by atoms with Gasteiger partial charge >= 0.3 is 5.97 Å². The number of ether oxygens (including phenoxy) is 1. The first-order valence-electron chi connectivity index (χ1n) is 3.80. The molecule has 1 aromatic rings. The van der Waals surface area contributed by atoms with Crippen LogP contribution in [0.1, 0.15) is 0 Å². The third-order valence-corrected chi connectivity index (χ3v) is 6.39. The van der Waals surface area contributed by atoms with Crippen LogP contribution in [0.2, 0.25) is 10.0 Å². The zero-order valence-corrected chi connectivity index (χ0v) is 15.4. The Hall–Kier alpha value is 1.20. The van der Waals surface area contributed by atoms with Crippen molar-refractivity contribution in [2.24, 2.45) is 0 Å². The van der Waals surface area contributed by atoms with Gasteiger partial charge in [-0.2, -0.15) is 0 Å². The number of benzene rings is 1. The third-order valence-electron chi connectivity index (χ3n) is 1.46. The highest BCUT2D eigenvalue weighted by Crippen LogP contribution is 2.33. The second kappa shape index (κ2) is 6.95. The quantitative estimate of drug-likeness (QED) is 0.199. The summed E-state index contributed by atoms with van der Waals surface area (Å²) in [5.41, 5.74) is 0. The average molecular weight is 595 g/mol. The van der Waals surface area contributed by atoms with Gasteiger partial charge in [0, 0.05) is 0 Å². The predicted octanol–water partition coefficient (Wildman–Crippen LogP) is 5.37. The van der Waals surface area contributed by atoms with E-state index in [0.29, 0.717) is 8.60 Å². The molecule has 0 atom stereocenters. The summed E-state index contributed by atoms with van der Waals surface area (Å²) >= 11 is 17.7. The van der Waals surface area contributed by atoms with Gasteiger partial charge in [-0.05, 0) is 79.9 Å². The maximum atomic E-state index is 11.6. The SMILES string of the molecule is O=C(Oc1cccc(Cl)c1Cl)C(I)=C(I)I. The summed E-state index contributed by atoms with van der Waals surface area (Å²) < 4.78 is 6.46. The predicted molar refractivity (Wildman–Crippen MR) is 91.2 cm³/mol. The van der Waals surface area contributed by atoms with Crippen LogP contribution in [0.5, 0.6) is 5.75 Å². The van der Waals surface area contributed by atoms with Crippen molar-refractivity contribution in [3.63, 3.8) is 0 Å². The second-order valence-electron chi connectivity index (χ2n) is 2.52. The minimum atomic E-state index is -0.441. The van der Waals surface area contributed by atoms with E-state index in [1.807, 2.05) is 67.8 Å². The normalized spacial score (nSPS) is 9.81. The number of hydrogen-bond acceptors (Lipinski definition) is 2. The van der Waals surface area contributed by atoms with E-state index in [2.05, 4.69) is 0 Å². The van der Waals surface area contributed by atoms with Crippen LogP contribution in [-0.2, 0) is 4.79 Å². The van der Waals surface area contributed by atoms with Crippen molar-refractivity contribution in [3.8, 4) is 5.75 Å². The Kier molecular flexibility index (Phi) is 6.63. The molecule has 0 radical (unpaired) electrons. The van der Waals surface area contributed by atoms with E-state index in [9.17, 15) is 4.79 Å². The molecule has 0 aliphatic carbocycles. The van der Waals surface area contributed by atoms with Gasteiger partial charge in [-0.1, -0.05) is 29.3 Å². The monoisotopic (exact) mass is 594 g/mol. The van der Waals surface area contributed by atoms with Gasteiger partial charge in [0.1, 0.15) is 8.60 Å². The van der Waals surface area contributed by atoms with Crippen molar-refractivity contribution in [2.45, 2.75) is 0 Å². The number of rotatable bonds is 2. The minimum Gasteiger partial charge on any atom is -0.421 e. The van der Waals surface area contributed by atoms with E-state index in [1.54, 1.807) is 18.2 Å². The number of halogens is 5. The van der Waals surface area contributed by atoms with Crippen molar-refractivity contribution in [1.82, 2.24) is 0 Å². The topological polar surface area (TPSA) is 26.3 Å². The fourth-order valence-electron chi connectivity index (χ4n) is 0.785. The molecule has 0 saturated heterocycles. The summed E-state index contributed by atoms with van der Waals surface area (Å²) in [4.78, 5) is 11.6. The molecule has 1 rings (SSSR count). The molecule has 0 fully saturated rings. The summed E-state index contributed by atoms with van der Waals surface area (Å²) in [6.45, 7) is 0. The minimum absolute atomic E-state index is 0.241. The molecule has 0 N–H and O–H groups in total. The number of hydrogen-bond donors (Lipinski definition) is 0. The van der Waals surface area contributed by atoms with Gasteiger partial charge in [0.05, 0.1) is 6.61 Å². The molecular weight excluding hydrogens is 592 g/mol. The molecule has 86 valence electrons. The summed E-state index contributed by atoms with van der Waals surface area (Å²) in [7, 11) is 0. The molecule has 1 aromatic carbocycles. The Morgan fingerprint density at radius 2 is 1.81 bits per heavy atom. The second-order valence-corrected chi connectivity index (χ2v) is 8.60. The first kappa shape index (κ1) is 15.3. The molecule has 0 unspecified atom stereocenters. The van der Waals surface area contributed by atoms with Crippen LogP contribution in [0.3, 0.4) is 0 Å². The number of carbonyl (C=O) groups is 1. The largest absolute Gasteiger partial charge is 0.421 e. The van der Waals surface area contributed by atoms with Crippen molar-refractivity contribution in [3.05, 3.63) is 33.4 Å². The van der Waals surface area contributed by atoms with Crippen LogP contribution in [0.4, 0.5) is 0 Å². The Morgan fingerprint density at radius 3 is 2.38 bits per heavy atom. The van der Waals surface area contributed by atoms with Gasteiger partial charge < -0.3 is 4.74 Å². The lowest BCUT2D eigenvalue weighted by molar-refractivity contribution is -0.129. The Bertz CT molecular complexity index is 456. The lowest BCUT2D eigenvalue weighted by Crippen LogP contribution is -2.08. The fourth-order valence-corrected chi connectivity index (χ4v) is 1.67. The zero-order valence-electron chi connectivity index (χ0n) is 7.44. The zero-order chi connectivity index (χ0) is 12.3. The van der Waals surface area contributed by atoms with Crippen molar-refractivity contribution < 1.29 is 9.53 Å². The lowest BCUT2D eigenvalue weighted by atomic mass is 10.3. The number of carbonyl (C=O) groups excluding carboxylic acids is 1. The van der Waals surface area contributed by atoms with Gasteiger partial charge in [-0.25, -0.2) is 4.79 Å². The van der Waals surface area contributed by atoms with Crippen molar-refractivity contribution in [1.29, 1.82) is 0 Å². The molecule has 7 heteroatoms. The summed E-state index contributed by atoms with van der Waals surface area (Å²) in [6.07, 6.45) is 0. The summed E-state index contributed by atoms with van der Waals surface area (Å²) in [5, 5.41) is 0.598. The van der Waals surface area contributed by atoms with Gasteiger partial charge in [0.25, 0.3) is 0 Å². The molecule has 0 amide bonds. The first-order valence-corrected chi connectivity index (χ1v) is 7.79. The van der Waals surface area contributed by atoms with Gasteiger partial charge in [0.15, 0.2) is 5.75 Å². The summed E-state index contributed by atoms with van der Waals surface area (Å²) in [5.74, 6) is -0.175. The maximum absolute atomic E-state index is 11.6. The molecule has 16 heavy (non-hydrogen) atoms. The molecule has 0 aliphatic heterocycles. The van der Waals surface area contributed by atoms with Crippen LogP contribution in [0, 0.1) is 0 Å². The Labute approximate surface area is 144 Å². The molecule has 0 aliphatic rings. The average Bonchev–Trinajstić information content (AvgIpc) is 2.23. The van der Waals surface area contributed by atoms with E-state index in [4.69, 9.17) is 27.9 Å². The third kappa shape index (κ3) is 4.14. The van der Waals surface area contributed by atoms with E-state index >= 15 is 0 Å². The first-order chi connectivity index (χ1) is 7.43. The van der Waals surface area contributed by atoms with Crippen LogP contribution >= 0.6 is 91.0 Å². The highest BCUT2D eigenvalue weighted by atomic mass is 127. The molecule has 0 spiro atoms.